The van der Waals surface area contributed by atoms with E-state index in [0.29, 0.717) is 24.5 Å². The second-order valence-corrected chi connectivity index (χ2v) is 4.34. The van der Waals surface area contributed by atoms with Crippen molar-refractivity contribution >= 4 is 11.5 Å². The van der Waals surface area contributed by atoms with Crippen molar-refractivity contribution in [1.82, 2.24) is 0 Å². The highest BCUT2D eigenvalue weighted by Gasteiger charge is 2.10. The predicted molar refractivity (Wildman–Crippen MR) is 68.3 cm³/mol. The summed E-state index contributed by atoms with van der Waals surface area (Å²) in [6.45, 7) is 4.29. The van der Waals surface area contributed by atoms with Gasteiger partial charge in [-0.15, -0.1) is 0 Å². The third kappa shape index (κ3) is 4.05. The molecule has 1 aromatic rings. The summed E-state index contributed by atoms with van der Waals surface area (Å²) in [5.74, 6) is 0.875. The number of Topliss-reactive ketones (excluding diaryl/α,β-unsaturated/α-hetero) is 1. The van der Waals surface area contributed by atoms with E-state index in [0.717, 1.165) is 24.1 Å². The molecule has 0 unspecified atom stereocenters. The Morgan fingerprint density at radius 1 is 1.19 bits per heavy atom. The Labute approximate surface area is 97.9 Å². The lowest BCUT2D eigenvalue weighted by Crippen LogP contribution is -2.09. The molecule has 0 atom stereocenters. The van der Waals surface area contributed by atoms with Crippen LogP contribution in [0.15, 0.2) is 24.3 Å². The van der Waals surface area contributed by atoms with Crippen LogP contribution in [0.4, 0.5) is 5.69 Å². The molecule has 0 aromatic heterocycles. The predicted octanol–water partition coefficient (Wildman–Crippen LogP) is 3.21. The van der Waals surface area contributed by atoms with Crippen molar-refractivity contribution in [3.8, 4) is 0 Å². The van der Waals surface area contributed by atoms with E-state index < -0.39 is 0 Å². The Hall–Kier alpha value is -1.31. The van der Waals surface area contributed by atoms with Crippen molar-refractivity contribution in [3.05, 3.63) is 29.8 Å². The fourth-order valence-electron chi connectivity index (χ4n) is 1.83. The number of carbonyl (C=O) groups excluding carboxylic acids is 1. The molecule has 2 heteroatoms. The lowest BCUT2D eigenvalue weighted by Gasteiger charge is -2.10. The highest BCUT2D eigenvalue weighted by Crippen LogP contribution is 2.15. The standard InChI is InChI=1S/C14H21NO/c1-3-11(4-2)9-14(16)10-12-5-7-13(15)8-6-12/h5-8,11H,3-4,9-10,15H2,1-2H3. The number of nitrogens with two attached hydrogens (primary N) is 1. The minimum Gasteiger partial charge on any atom is -0.399 e. The molecule has 0 fully saturated rings. The van der Waals surface area contributed by atoms with Crippen LogP contribution in [0.5, 0.6) is 0 Å². The number of nitrogen functional groups attached to an aromatic ring is 1. The zero-order valence-electron chi connectivity index (χ0n) is 10.2. The van der Waals surface area contributed by atoms with E-state index in [9.17, 15) is 4.79 Å². The highest BCUT2D eigenvalue weighted by atomic mass is 16.1. The van der Waals surface area contributed by atoms with Gasteiger partial charge in [-0.05, 0) is 23.6 Å². The first-order valence-electron chi connectivity index (χ1n) is 6.01. The number of hydrogen-bond donors (Lipinski definition) is 1. The third-order valence-corrected chi connectivity index (χ3v) is 3.05. The van der Waals surface area contributed by atoms with Gasteiger partial charge in [0.1, 0.15) is 5.78 Å². The Kier molecular flexibility index (Phi) is 5.03. The molecule has 0 amide bonds. The number of carbonyl (C=O) groups is 1. The van der Waals surface area contributed by atoms with Gasteiger partial charge < -0.3 is 5.73 Å². The van der Waals surface area contributed by atoms with Crippen LogP contribution < -0.4 is 5.73 Å². The zero-order valence-corrected chi connectivity index (χ0v) is 10.2. The van der Waals surface area contributed by atoms with Gasteiger partial charge in [0.2, 0.25) is 0 Å². The summed E-state index contributed by atoms with van der Waals surface area (Å²) in [5.41, 5.74) is 7.40. The normalized spacial score (nSPS) is 10.7. The van der Waals surface area contributed by atoms with Crippen molar-refractivity contribution in [2.45, 2.75) is 39.5 Å². The van der Waals surface area contributed by atoms with E-state index in [1.807, 2.05) is 24.3 Å². The van der Waals surface area contributed by atoms with Crippen molar-refractivity contribution < 1.29 is 4.79 Å². The first-order chi connectivity index (χ1) is 7.65. The average Bonchev–Trinajstić information content (AvgIpc) is 2.29. The minimum absolute atomic E-state index is 0.332. The van der Waals surface area contributed by atoms with Crippen LogP contribution >= 0.6 is 0 Å². The largest absolute Gasteiger partial charge is 0.399 e. The Morgan fingerprint density at radius 2 is 1.75 bits per heavy atom. The molecule has 0 aliphatic heterocycles. The maximum Gasteiger partial charge on any atom is 0.137 e. The fraction of sp³-hybridized carbons (Fsp3) is 0.500. The van der Waals surface area contributed by atoms with Gasteiger partial charge in [-0.25, -0.2) is 0 Å². The fourth-order valence-corrected chi connectivity index (χ4v) is 1.83. The van der Waals surface area contributed by atoms with Gasteiger partial charge in [0.25, 0.3) is 0 Å². The summed E-state index contributed by atoms with van der Waals surface area (Å²) in [6, 6.07) is 7.56. The lowest BCUT2D eigenvalue weighted by atomic mass is 9.94. The van der Waals surface area contributed by atoms with Crippen molar-refractivity contribution in [1.29, 1.82) is 0 Å². The van der Waals surface area contributed by atoms with E-state index >= 15 is 0 Å². The van der Waals surface area contributed by atoms with E-state index in [1.54, 1.807) is 0 Å². The molecule has 2 N–H and O–H groups in total. The Bertz CT molecular complexity index is 325. The molecular formula is C14H21NO. The molecular weight excluding hydrogens is 198 g/mol. The first kappa shape index (κ1) is 12.8. The zero-order chi connectivity index (χ0) is 12.0. The number of anilines is 1. The molecule has 0 aliphatic rings. The molecule has 0 saturated carbocycles. The molecule has 0 saturated heterocycles. The molecule has 0 aliphatic carbocycles. The smallest absolute Gasteiger partial charge is 0.137 e. The molecule has 0 bridgehead atoms. The van der Waals surface area contributed by atoms with Crippen LogP contribution in [0.3, 0.4) is 0 Å². The minimum atomic E-state index is 0.332. The summed E-state index contributed by atoms with van der Waals surface area (Å²) >= 11 is 0. The molecule has 16 heavy (non-hydrogen) atoms. The molecule has 0 heterocycles. The Balaban J connectivity index is 2.48. The molecule has 88 valence electrons. The number of hydrogen-bond acceptors (Lipinski definition) is 2. The SMILES string of the molecule is CCC(CC)CC(=O)Cc1ccc(N)cc1. The van der Waals surface area contributed by atoms with Crippen molar-refractivity contribution in [2.24, 2.45) is 5.92 Å². The maximum atomic E-state index is 11.8. The van der Waals surface area contributed by atoms with Gasteiger partial charge in [0.15, 0.2) is 0 Å². The van der Waals surface area contributed by atoms with Crippen molar-refractivity contribution in [2.75, 3.05) is 5.73 Å². The van der Waals surface area contributed by atoms with E-state index in [4.69, 9.17) is 5.73 Å². The monoisotopic (exact) mass is 219 g/mol. The van der Waals surface area contributed by atoms with Crippen LogP contribution in [0.25, 0.3) is 0 Å². The van der Waals surface area contributed by atoms with Crippen LogP contribution in [-0.4, -0.2) is 5.78 Å². The molecule has 2 nitrogen and oxygen atoms in total. The Morgan fingerprint density at radius 3 is 2.25 bits per heavy atom. The summed E-state index contributed by atoms with van der Waals surface area (Å²) in [5, 5.41) is 0. The van der Waals surface area contributed by atoms with E-state index in [-0.39, 0.29) is 0 Å². The summed E-state index contributed by atoms with van der Waals surface area (Å²) in [6.07, 6.45) is 3.42. The van der Waals surface area contributed by atoms with Crippen LogP contribution in [0.1, 0.15) is 38.7 Å². The van der Waals surface area contributed by atoms with Gasteiger partial charge >= 0.3 is 0 Å². The molecule has 0 spiro atoms. The van der Waals surface area contributed by atoms with Gasteiger partial charge in [-0.2, -0.15) is 0 Å². The van der Waals surface area contributed by atoms with Crippen LogP contribution in [0.2, 0.25) is 0 Å². The topological polar surface area (TPSA) is 43.1 Å². The van der Waals surface area contributed by atoms with Gasteiger partial charge in [0.05, 0.1) is 0 Å². The van der Waals surface area contributed by atoms with Crippen LogP contribution in [-0.2, 0) is 11.2 Å². The summed E-state index contributed by atoms with van der Waals surface area (Å²) in [4.78, 5) is 11.8. The molecule has 0 radical (unpaired) electrons. The number of ketones is 1. The molecule has 1 rings (SSSR count). The van der Waals surface area contributed by atoms with Gasteiger partial charge in [0, 0.05) is 18.5 Å². The lowest BCUT2D eigenvalue weighted by molar-refractivity contribution is -0.119. The second kappa shape index (κ2) is 6.31. The maximum absolute atomic E-state index is 11.8. The average molecular weight is 219 g/mol. The van der Waals surface area contributed by atoms with Crippen LogP contribution in [0, 0.1) is 5.92 Å². The van der Waals surface area contributed by atoms with Crippen molar-refractivity contribution in [3.63, 3.8) is 0 Å². The molecule has 1 aromatic carbocycles. The summed E-state index contributed by atoms with van der Waals surface area (Å²) < 4.78 is 0. The summed E-state index contributed by atoms with van der Waals surface area (Å²) in [7, 11) is 0. The first-order valence-corrected chi connectivity index (χ1v) is 6.01. The van der Waals surface area contributed by atoms with Gasteiger partial charge in [-0.1, -0.05) is 38.8 Å². The third-order valence-electron chi connectivity index (χ3n) is 3.05. The quantitative estimate of drug-likeness (QED) is 0.746. The highest BCUT2D eigenvalue weighted by molar-refractivity contribution is 5.81. The number of rotatable bonds is 6. The van der Waals surface area contributed by atoms with Gasteiger partial charge in [-0.3, -0.25) is 4.79 Å². The second-order valence-electron chi connectivity index (χ2n) is 4.34. The van der Waals surface area contributed by atoms with E-state index in [2.05, 4.69) is 13.8 Å². The number of benzene rings is 1. The van der Waals surface area contributed by atoms with E-state index in [1.165, 1.54) is 0 Å².